The van der Waals surface area contributed by atoms with E-state index >= 15 is 0 Å². The van der Waals surface area contributed by atoms with Crippen molar-refractivity contribution in [2.75, 3.05) is 13.2 Å². The van der Waals surface area contributed by atoms with Gasteiger partial charge in [0.05, 0.1) is 0 Å². The summed E-state index contributed by atoms with van der Waals surface area (Å²) in [6.07, 6.45) is 59.3. The number of allylic oxidation sites excluding steroid dienone is 4. The van der Waals surface area contributed by atoms with Crippen molar-refractivity contribution in [1.82, 2.24) is 0 Å². The van der Waals surface area contributed by atoms with Crippen LogP contribution >= 0.6 is 0 Å². The third kappa shape index (κ3) is 48.9. The molecular formula is C56H104O6. The minimum Gasteiger partial charge on any atom is -0.462 e. The summed E-state index contributed by atoms with van der Waals surface area (Å²) in [5.74, 6) is -0.868. The van der Waals surface area contributed by atoms with Crippen molar-refractivity contribution in [3.63, 3.8) is 0 Å². The molecule has 1 atom stereocenters. The fraction of sp³-hybridized carbons (Fsp3) is 0.875. The van der Waals surface area contributed by atoms with Crippen LogP contribution in [0.4, 0.5) is 0 Å². The molecule has 6 nitrogen and oxygen atoms in total. The predicted molar refractivity (Wildman–Crippen MR) is 266 cm³/mol. The van der Waals surface area contributed by atoms with Crippen molar-refractivity contribution in [3.05, 3.63) is 24.3 Å². The normalized spacial score (nSPS) is 12.1. The zero-order chi connectivity index (χ0) is 45.1. The summed E-state index contributed by atoms with van der Waals surface area (Å²) in [6, 6.07) is 0. The Hall–Kier alpha value is -2.11. The van der Waals surface area contributed by atoms with Gasteiger partial charge in [-0.25, -0.2) is 0 Å². The molecule has 0 saturated heterocycles. The quantitative estimate of drug-likeness (QED) is 0.0262. The number of unbranched alkanes of at least 4 members (excludes halogenated alkanes) is 35. The summed E-state index contributed by atoms with van der Waals surface area (Å²) in [4.78, 5) is 37.7. The molecule has 0 aliphatic rings. The maximum atomic E-state index is 12.7. The first-order chi connectivity index (χ1) is 30.5. The molecule has 0 radical (unpaired) electrons. The molecule has 0 aliphatic heterocycles. The minimum atomic E-state index is -0.762. The Kier molecular flexibility index (Phi) is 49.8. The van der Waals surface area contributed by atoms with Gasteiger partial charge in [0.15, 0.2) is 6.10 Å². The molecule has 62 heavy (non-hydrogen) atoms. The lowest BCUT2D eigenvalue weighted by molar-refractivity contribution is -0.167. The monoisotopic (exact) mass is 873 g/mol. The molecule has 0 heterocycles. The van der Waals surface area contributed by atoms with Gasteiger partial charge in [0.1, 0.15) is 13.2 Å². The molecule has 1 unspecified atom stereocenters. The van der Waals surface area contributed by atoms with Gasteiger partial charge in [-0.3, -0.25) is 14.4 Å². The van der Waals surface area contributed by atoms with E-state index in [0.29, 0.717) is 19.3 Å². The molecule has 0 N–H and O–H groups in total. The standard InChI is InChI=1S/C56H104O6/c1-4-7-10-13-15-17-19-21-23-24-25-26-27-28-29-30-31-32-33-35-36-38-40-43-46-49-55(58)61-52-53(51-60-54(57)48-45-42-12-9-6-3)62-56(59)50-47-44-41-39-37-34-22-20-18-16-14-11-8-5-2/h19,21,24-25,53H,4-18,20,22-23,26-52H2,1-3H3/b21-19-,25-24-. The van der Waals surface area contributed by atoms with Gasteiger partial charge in [0.2, 0.25) is 0 Å². The summed E-state index contributed by atoms with van der Waals surface area (Å²) in [5, 5.41) is 0. The molecule has 0 aromatic rings. The average molecular weight is 873 g/mol. The van der Waals surface area contributed by atoms with Gasteiger partial charge in [-0.2, -0.15) is 0 Å². The van der Waals surface area contributed by atoms with Gasteiger partial charge in [-0.05, 0) is 51.4 Å². The molecule has 0 saturated carbocycles. The Balaban J connectivity index is 4.02. The Labute approximate surface area is 385 Å². The number of carbonyl (C=O) groups excluding carboxylic acids is 3. The number of rotatable bonds is 50. The van der Waals surface area contributed by atoms with Crippen molar-refractivity contribution in [3.8, 4) is 0 Å². The second-order valence-electron chi connectivity index (χ2n) is 18.5. The first kappa shape index (κ1) is 59.9. The van der Waals surface area contributed by atoms with Crippen LogP contribution in [0, 0.1) is 0 Å². The van der Waals surface area contributed by atoms with E-state index in [9.17, 15) is 14.4 Å². The van der Waals surface area contributed by atoms with E-state index in [-0.39, 0.29) is 31.1 Å². The zero-order valence-electron chi connectivity index (χ0n) is 41.7. The predicted octanol–water partition coefficient (Wildman–Crippen LogP) is 17.9. The van der Waals surface area contributed by atoms with Gasteiger partial charge in [-0.15, -0.1) is 0 Å². The molecule has 0 aromatic heterocycles. The van der Waals surface area contributed by atoms with Crippen LogP contribution in [0.25, 0.3) is 0 Å². The van der Waals surface area contributed by atoms with Crippen LogP contribution in [0.3, 0.4) is 0 Å². The lowest BCUT2D eigenvalue weighted by Gasteiger charge is -2.18. The van der Waals surface area contributed by atoms with Gasteiger partial charge in [0.25, 0.3) is 0 Å². The number of esters is 3. The minimum absolute atomic E-state index is 0.0676. The highest BCUT2D eigenvalue weighted by atomic mass is 16.6. The topological polar surface area (TPSA) is 78.9 Å². The molecule has 0 bridgehead atoms. The fourth-order valence-electron chi connectivity index (χ4n) is 8.06. The van der Waals surface area contributed by atoms with Crippen LogP contribution in [0.2, 0.25) is 0 Å². The summed E-state index contributed by atoms with van der Waals surface area (Å²) < 4.78 is 16.7. The van der Waals surface area contributed by atoms with Crippen molar-refractivity contribution in [2.24, 2.45) is 0 Å². The Morgan fingerprint density at radius 1 is 0.323 bits per heavy atom. The SMILES string of the molecule is CCCCCCC/C=C\C/C=C\CCCCCCCCCCCCCCCC(=O)OCC(COC(=O)CCCCCCC)OC(=O)CCCCCCCCCCCCCCCC. The van der Waals surface area contributed by atoms with Gasteiger partial charge >= 0.3 is 17.9 Å². The van der Waals surface area contributed by atoms with Crippen LogP contribution in [0.5, 0.6) is 0 Å². The molecule has 0 aliphatic carbocycles. The summed E-state index contributed by atoms with van der Waals surface area (Å²) in [7, 11) is 0. The third-order valence-electron chi connectivity index (χ3n) is 12.2. The molecular weight excluding hydrogens is 769 g/mol. The van der Waals surface area contributed by atoms with E-state index in [0.717, 1.165) is 70.6 Å². The second-order valence-corrected chi connectivity index (χ2v) is 18.5. The highest BCUT2D eigenvalue weighted by Crippen LogP contribution is 2.16. The Morgan fingerprint density at radius 2 is 0.581 bits per heavy atom. The van der Waals surface area contributed by atoms with E-state index in [4.69, 9.17) is 14.2 Å². The summed E-state index contributed by atoms with van der Waals surface area (Å²) >= 11 is 0. The maximum Gasteiger partial charge on any atom is 0.306 e. The second kappa shape index (κ2) is 51.5. The van der Waals surface area contributed by atoms with Crippen LogP contribution in [0.1, 0.15) is 297 Å². The van der Waals surface area contributed by atoms with Gasteiger partial charge in [-0.1, -0.05) is 251 Å². The molecule has 0 fully saturated rings. The van der Waals surface area contributed by atoms with Gasteiger partial charge in [0, 0.05) is 19.3 Å². The van der Waals surface area contributed by atoms with E-state index in [2.05, 4.69) is 45.1 Å². The number of carbonyl (C=O) groups is 3. The molecule has 364 valence electrons. The van der Waals surface area contributed by atoms with Crippen LogP contribution in [-0.4, -0.2) is 37.2 Å². The van der Waals surface area contributed by atoms with Crippen molar-refractivity contribution in [2.45, 2.75) is 303 Å². The molecule has 0 spiro atoms. The number of ether oxygens (including phenoxy) is 3. The molecule has 0 amide bonds. The summed E-state index contributed by atoms with van der Waals surface area (Å²) in [5.41, 5.74) is 0. The maximum absolute atomic E-state index is 12.7. The van der Waals surface area contributed by atoms with Crippen molar-refractivity contribution >= 4 is 17.9 Å². The first-order valence-electron chi connectivity index (χ1n) is 27.3. The van der Waals surface area contributed by atoms with Crippen LogP contribution in [-0.2, 0) is 28.6 Å². The lowest BCUT2D eigenvalue weighted by atomic mass is 10.0. The van der Waals surface area contributed by atoms with Crippen LogP contribution < -0.4 is 0 Å². The van der Waals surface area contributed by atoms with Crippen LogP contribution in [0.15, 0.2) is 24.3 Å². The van der Waals surface area contributed by atoms with E-state index < -0.39 is 6.10 Å². The van der Waals surface area contributed by atoms with E-state index in [1.807, 2.05) is 0 Å². The van der Waals surface area contributed by atoms with Crippen molar-refractivity contribution < 1.29 is 28.6 Å². The lowest BCUT2D eigenvalue weighted by Crippen LogP contribution is -2.30. The molecule has 0 aromatic carbocycles. The third-order valence-corrected chi connectivity index (χ3v) is 12.2. The molecule has 6 heteroatoms. The Morgan fingerprint density at radius 3 is 0.887 bits per heavy atom. The number of hydrogen-bond acceptors (Lipinski definition) is 6. The fourth-order valence-corrected chi connectivity index (χ4v) is 8.06. The number of hydrogen-bond donors (Lipinski definition) is 0. The largest absolute Gasteiger partial charge is 0.462 e. The average Bonchev–Trinajstić information content (AvgIpc) is 3.27. The molecule has 0 rings (SSSR count). The summed E-state index contributed by atoms with van der Waals surface area (Å²) in [6.45, 7) is 6.58. The highest BCUT2D eigenvalue weighted by molar-refractivity contribution is 5.71. The van der Waals surface area contributed by atoms with Crippen molar-refractivity contribution in [1.29, 1.82) is 0 Å². The zero-order valence-corrected chi connectivity index (χ0v) is 41.7. The Bertz CT molecular complexity index is 1000. The van der Waals surface area contributed by atoms with E-state index in [1.165, 1.54) is 186 Å². The first-order valence-corrected chi connectivity index (χ1v) is 27.3. The van der Waals surface area contributed by atoms with Gasteiger partial charge < -0.3 is 14.2 Å². The smallest absolute Gasteiger partial charge is 0.306 e. The highest BCUT2D eigenvalue weighted by Gasteiger charge is 2.19. The van der Waals surface area contributed by atoms with E-state index in [1.54, 1.807) is 0 Å².